The van der Waals surface area contributed by atoms with Gasteiger partial charge in [-0.3, -0.25) is 0 Å². The number of rotatable bonds is 5. The molecule has 0 radical (unpaired) electrons. The smallest absolute Gasteiger partial charge is 0.241 e. The van der Waals surface area contributed by atoms with Crippen LogP contribution in [0.2, 0.25) is 0 Å². The zero-order chi connectivity index (χ0) is 18.8. The summed E-state index contributed by atoms with van der Waals surface area (Å²) in [4.78, 5) is 4.61. The van der Waals surface area contributed by atoms with Crippen molar-refractivity contribution in [2.45, 2.75) is 89.7 Å². The lowest BCUT2D eigenvalue weighted by molar-refractivity contribution is 0.121. The van der Waals surface area contributed by atoms with Crippen LogP contribution in [0.1, 0.15) is 88.8 Å². The van der Waals surface area contributed by atoms with Crippen LogP contribution in [0.15, 0.2) is 18.3 Å². The zero-order valence-corrected chi connectivity index (χ0v) is 16.6. The van der Waals surface area contributed by atoms with Crippen LogP contribution in [0, 0.1) is 0 Å². The fourth-order valence-corrected chi connectivity index (χ4v) is 4.41. The Morgan fingerprint density at radius 3 is 2.78 bits per heavy atom. The Morgan fingerprint density at radius 1 is 1.26 bits per heavy atom. The van der Waals surface area contributed by atoms with E-state index in [4.69, 9.17) is 5.10 Å². The molecular formula is C22H32N4O. The van der Waals surface area contributed by atoms with Gasteiger partial charge >= 0.3 is 0 Å². The fourth-order valence-electron chi connectivity index (χ4n) is 4.41. The summed E-state index contributed by atoms with van der Waals surface area (Å²) in [7, 11) is 0. The van der Waals surface area contributed by atoms with Crippen molar-refractivity contribution in [2.24, 2.45) is 0 Å². The molecular weight excluding hydrogens is 336 g/mol. The molecule has 2 heterocycles. The zero-order valence-electron chi connectivity index (χ0n) is 16.6. The van der Waals surface area contributed by atoms with Crippen LogP contribution >= 0.6 is 0 Å². The van der Waals surface area contributed by atoms with Gasteiger partial charge in [-0.2, -0.15) is 0 Å². The molecule has 2 aliphatic rings. The first-order chi connectivity index (χ1) is 13.2. The third-order valence-electron chi connectivity index (χ3n) is 6.28. The number of nitrogens with one attached hydrogen (secondary N) is 1. The van der Waals surface area contributed by atoms with E-state index in [1.54, 1.807) is 0 Å². The summed E-state index contributed by atoms with van der Waals surface area (Å²) in [5.41, 5.74) is 5.17. The molecule has 27 heavy (non-hydrogen) atoms. The Labute approximate surface area is 161 Å². The molecule has 0 aliphatic heterocycles. The van der Waals surface area contributed by atoms with Gasteiger partial charge in [-0.25, -0.2) is 9.50 Å². The van der Waals surface area contributed by atoms with E-state index in [0.717, 1.165) is 44.0 Å². The Bertz CT molecular complexity index is 817. The molecule has 146 valence electrons. The molecule has 0 spiro atoms. The summed E-state index contributed by atoms with van der Waals surface area (Å²) in [5, 5.41) is 18.2. The minimum absolute atomic E-state index is 0.134. The first-order valence-corrected chi connectivity index (χ1v) is 10.7. The average Bonchev–Trinajstić information content (AvgIpc) is 3.08. The summed E-state index contributed by atoms with van der Waals surface area (Å²) >= 11 is 0. The SMILES string of the molecule is CCC(C)Nc1ncc2c(C3=CCCCC3)cc(C3CCC(O)CC3)n2n1. The van der Waals surface area contributed by atoms with Gasteiger partial charge in [0.1, 0.15) is 0 Å². The summed E-state index contributed by atoms with van der Waals surface area (Å²) in [5.74, 6) is 1.17. The van der Waals surface area contributed by atoms with E-state index in [1.165, 1.54) is 36.1 Å². The molecule has 5 nitrogen and oxygen atoms in total. The Morgan fingerprint density at radius 2 is 2.07 bits per heavy atom. The van der Waals surface area contributed by atoms with Crippen LogP contribution in [-0.2, 0) is 0 Å². The Kier molecular flexibility index (Phi) is 5.48. The molecule has 2 aliphatic carbocycles. The van der Waals surface area contributed by atoms with E-state index >= 15 is 0 Å². The third-order valence-corrected chi connectivity index (χ3v) is 6.28. The summed E-state index contributed by atoms with van der Waals surface area (Å²) in [6.45, 7) is 4.32. The van der Waals surface area contributed by atoms with Gasteiger partial charge in [0.15, 0.2) is 0 Å². The molecule has 0 saturated heterocycles. The monoisotopic (exact) mass is 368 g/mol. The lowest BCUT2D eigenvalue weighted by Crippen LogP contribution is -2.19. The van der Waals surface area contributed by atoms with Crippen LogP contribution in [0.5, 0.6) is 0 Å². The minimum atomic E-state index is -0.134. The van der Waals surface area contributed by atoms with Gasteiger partial charge in [-0.05, 0) is 76.4 Å². The highest BCUT2D eigenvalue weighted by Crippen LogP contribution is 2.38. The van der Waals surface area contributed by atoms with Crippen molar-refractivity contribution in [2.75, 3.05) is 5.32 Å². The maximum absolute atomic E-state index is 9.92. The van der Waals surface area contributed by atoms with Crippen molar-refractivity contribution in [1.82, 2.24) is 14.6 Å². The second kappa shape index (κ2) is 8.01. The lowest BCUT2D eigenvalue weighted by atomic mass is 9.85. The molecule has 5 heteroatoms. The highest BCUT2D eigenvalue weighted by atomic mass is 16.3. The molecule has 4 rings (SSSR count). The van der Waals surface area contributed by atoms with E-state index in [9.17, 15) is 5.11 Å². The van der Waals surface area contributed by atoms with Crippen molar-refractivity contribution in [3.63, 3.8) is 0 Å². The highest BCUT2D eigenvalue weighted by Gasteiger charge is 2.26. The quantitative estimate of drug-likeness (QED) is 0.787. The third kappa shape index (κ3) is 3.88. The van der Waals surface area contributed by atoms with Crippen LogP contribution in [-0.4, -0.2) is 31.9 Å². The number of nitrogens with zero attached hydrogens (tertiary/aromatic N) is 3. The standard InChI is InChI=1S/C22H32N4O/c1-3-15(2)24-22-23-14-21-19(16-7-5-4-6-8-16)13-20(26(21)25-22)17-9-11-18(27)12-10-17/h7,13-15,17-18,27H,3-6,8-12H2,1-2H3,(H,24,25). The van der Waals surface area contributed by atoms with Gasteiger partial charge in [-0.1, -0.05) is 13.0 Å². The van der Waals surface area contributed by atoms with Gasteiger partial charge < -0.3 is 10.4 Å². The molecule has 1 fully saturated rings. The second-order valence-corrected chi connectivity index (χ2v) is 8.30. The molecule has 1 saturated carbocycles. The first kappa shape index (κ1) is 18.5. The molecule has 1 atom stereocenters. The highest BCUT2D eigenvalue weighted by molar-refractivity contribution is 5.79. The van der Waals surface area contributed by atoms with Gasteiger partial charge in [0, 0.05) is 23.2 Å². The van der Waals surface area contributed by atoms with Gasteiger partial charge in [0.25, 0.3) is 0 Å². The normalized spacial score (nSPS) is 24.6. The molecule has 2 aromatic heterocycles. The molecule has 0 bridgehead atoms. The maximum Gasteiger partial charge on any atom is 0.241 e. The number of hydrogen-bond donors (Lipinski definition) is 2. The fraction of sp³-hybridized carbons (Fsp3) is 0.636. The van der Waals surface area contributed by atoms with E-state index in [1.807, 2.05) is 6.20 Å². The Hall–Kier alpha value is -1.88. The second-order valence-electron chi connectivity index (χ2n) is 8.30. The van der Waals surface area contributed by atoms with Crippen molar-refractivity contribution in [3.05, 3.63) is 29.6 Å². The number of aliphatic hydroxyl groups excluding tert-OH is 1. The largest absolute Gasteiger partial charge is 0.393 e. The number of anilines is 1. The van der Waals surface area contributed by atoms with Crippen LogP contribution in [0.25, 0.3) is 11.1 Å². The van der Waals surface area contributed by atoms with Gasteiger partial charge in [0.05, 0.1) is 17.8 Å². The summed E-state index contributed by atoms with van der Waals surface area (Å²) < 4.78 is 2.13. The van der Waals surface area contributed by atoms with Crippen molar-refractivity contribution >= 4 is 17.0 Å². The molecule has 0 amide bonds. The Balaban J connectivity index is 1.76. The van der Waals surface area contributed by atoms with Gasteiger partial charge in [-0.15, -0.1) is 5.10 Å². The van der Waals surface area contributed by atoms with E-state index in [0.29, 0.717) is 17.9 Å². The minimum Gasteiger partial charge on any atom is -0.393 e. The van der Waals surface area contributed by atoms with E-state index in [-0.39, 0.29) is 6.10 Å². The predicted molar refractivity (Wildman–Crippen MR) is 110 cm³/mol. The predicted octanol–water partition coefficient (Wildman–Crippen LogP) is 4.92. The number of hydrogen-bond acceptors (Lipinski definition) is 4. The van der Waals surface area contributed by atoms with Crippen molar-refractivity contribution in [3.8, 4) is 0 Å². The number of aromatic nitrogens is 3. The summed E-state index contributed by atoms with van der Waals surface area (Å²) in [6.07, 6.45) is 14.0. The van der Waals surface area contributed by atoms with Crippen molar-refractivity contribution < 1.29 is 5.11 Å². The first-order valence-electron chi connectivity index (χ1n) is 10.7. The molecule has 2 aromatic rings. The van der Waals surface area contributed by atoms with E-state index < -0.39 is 0 Å². The van der Waals surface area contributed by atoms with Gasteiger partial charge in [0.2, 0.25) is 5.95 Å². The van der Waals surface area contributed by atoms with E-state index in [2.05, 4.69) is 40.8 Å². The topological polar surface area (TPSA) is 62.5 Å². The van der Waals surface area contributed by atoms with Crippen LogP contribution in [0.4, 0.5) is 5.95 Å². The summed E-state index contributed by atoms with van der Waals surface area (Å²) in [6, 6.07) is 2.71. The van der Waals surface area contributed by atoms with Crippen LogP contribution < -0.4 is 5.32 Å². The molecule has 0 aromatic carbocycles. The lowest BCUT2D eigenvalue weighted by Gasteiger charge is -2.25. The molecule has 2 N–H and O–H groups in total. The number of aliphatic hydroxyl groups is 1. The molecule has 1 unspecified atom stereocenters. The number of allylic oxidation sites excluding steroid dienone is 2. The van der Waals surface area contributed by atoms with Crippen LogP contribution in [0.3, 0.4) is 0 Å². The van der Waals surface area contributed by atoms with Crippen molar-refractivity contribution in [1.29, 1.82) is 0 Å². The average molecular weight is 369 g/mol. The maximum atomic E-state index is 9.92. The number of fused-ring (bicyclic) bond motifs is 1.